The second kappa shape index (κ2) is 46.3. The number of aromatic nitrogens is 4. The highest BCUT2D eigenvalue weighted by Gasteiger charge is 2.38. The Morgan fingerprint density at radius 1 is 0.327 bits per heavy atom. The van der Waals surface area contributed by atoms with Gasteiger partial charge >= 0.3 is 71.2 Å². The molecule has 0 aliphatic carbocycles. The normalized spacial score (nSPS) is 13.5. The van der Waals surface area contributed by atoms with Gasteiger partial charge < -0.3 is 125 Å². The molecule has 0 fully saturated rings. The molecule has 0 unspecified atom stereocenters. The van der Waals surface area contributed by atoms with Gasteiger partial charge in [-0.2, -0.15) is 4.98 Å². The molecule has 3 aromatic rings. The number of aliphatic carboxylic acids is 11. The number of amides is 10. The minimum Gasteiger partial charge on any atom is -0.481 e. The molecule has 2 heterocycles. The number of hydrogen-bond acceptors (Lipinski definition) is 27. The molecule has 0 aliphatic rings. The number of rotatable bonds is 54. The maximum atomic E-state index is 14.3. The van der Waals surface area contributed by atoms with E-state index in [-0.39, 0.29) is 34.9 Å². The van der Waals surface area contributed by atoms with Gasteiger partial charge in [0.15, 0.2) is 11.2 Å². The van der Waals surface area contributed by atoms with Crippen LogP contribution in [0.2, 0.25) is 0 Å². The van der Waals surface area contributed by atoms with Crippen molar-refractivity contribution in [1.82, 2.24) is 73.1 Å². The highest BCUT2D eigenvalue weighted by molar-refractivity contribution is 6.01. The van der Waals surface area contributed by atoms with Crippen molar-refractivity contribution in [3.05, 3.63) is 52.1 Å². The van der Waals surface area contributed by atoms with Gasteiger partial charge in [0.05, 0.1) is 18.4 Å². The fourth-order valence-electron chi connectivity index (χ4n) is 10.0. The SMILES string of the molecule is Nc1nc(=O)c2nc(CNc3ccc(C(=O)N[C@@H](CCC(=O)O)C(=O)N[C@@H](CCC(=O)O)C(=O)N[C@@H](CCC(=O)O)C(=O)N[C@@H](CCC(=O)O)C(=O)N[C@@H](CCC(=O)O)C(=O)N[C@@H](CCC(=O)O)C(=O)N[C@@H](CCC(=O)O)C(=O)N[C@@H](CCC(=O)O)C(=O)N[C@@H](CCC(=O)O)C(=O)N[C@@H](CCC(=O)O)C(=O)O)cc3)cnc2[nH]1. The zero-order chi connectivity index (χ0) is 84.9. The molecule has 0 saturated heterocycles. The monoisotopic (exact) mass is 1600 g/mol. The van der Waals surface area contributed by atoms with Crippen molar-refractivity contribution in [2.75, 3.05) is 11.1 Å². The highest BCUT2D eigenvalue weighted by Crippen LogP contribution is 2.16. The number of nitrogens with one attached hydrogen (secondary N) is 12. The van der Waals surface area contributed by atoms with E-state index in [2.05, 4.69) is 41.2 Å². The Balaban J connectivity index is 1.96. The van der Waals surface area contributed by atoms with E-state index >= 15 is 0 Å². The third-order valence-electron chi connectivity index (χ3n) is 15.9. The molecule has 10 atom stereocenters. The first-order valence-corrected chi connectivity index (χ1v) is 33.8. The molecular weight excluding hydrogens is 1520 g/mol. The zero-order valence-electron chi connectivity index (χ0n) is 59.3. The van der Waals surface area contributed by atoms with E-state index in [1.165, 1.54) is 30.5 Å². The van der Waals surface area contributed by atoms with Gasteiger partial charge in [0.1, 0.15) is 60.4 Å². The standard InChI is InChI=1S/C64H82N16O33/c65-64-79-51-50(62(111)80-64)68-29(26-67-51)25-66-28-3-1-27(2-4-28)52(101)69-30(5-15-40(81)82)53(102)70-31(6-16-41(83)84)54(103)71-32(7-17-42(85)86)55(104)72-33(8-18-43(87)88)56(105)73-34(9-19-44(89)90)57(106)74-35(10-20-45(91)92)58(107)75-36(11-21-46(93)94)59(108)76-37(12-22-47(95)96)60(109)77-38(13-23-48(97)98)61(110)78-39(63(112)113)14-24-49(99)100/h1-4,26,30-39,66H,5-25H2,(H,69,101)(H,70,102)(H,71,103)(H,72,104)(H,73,105)(H,74,106)(H,75,107)(H,76,108)(H,77,109)(H,78,110)(H,81,82)(H,83,84)(H,85,86)(H,87,88)(H,89,90)(H,91,92)(H,93,94)(H,95,96)(H,97,98)(H,99,100)(H,112,113)(H3,65,67,79,80,111)/t30-,31-,32-,33-,34-,35-,36-,37-,38-,39-/m0/s1. The summed E-state index contributed by atoms with van der Waals surface area (Å²) in [6.45, 7) is -0.0116. The second-order valence-corrected chi connectivity index (χ2v) is 24.7. The summed E-state index contributed by atoms with van der Waals surface area (Å²) in [4.78, 5) is 296. The number of carboxylic acid groups (broad SMARTS) is 11. The number of carbonyl (C=O) groups is 21. The fraction of sp³-hybridized carbons (Fsp3) is 0.484. The molecule has 0 bridgehead atoms. The Hall–Kier alpha value is -14.1. The van der Waals surface area contributed by atoms with Gasteiger partial charge in [0.2, 0.25) is 59.1 Å². The minimum absolute atomic E-state index is 0.0116. The number of carboxylic acids is 11. The van der Waals surface area contributed by atoms with Crippen molar-refractivity contribution in [1.29, 1.82) is 0 Å². The van der Waals surface area contributed by atoms with Gasteiger partial charge in [-0.1, -0.05) is 0 Å². The van der Waals surface area contributed by atoms with Crippen LogP contribution in [-0.2, 0) is 102 Å². The first kappa shape index (κ1) is 93.1. The number of nitrogens with zero attached hydrogens (tertiary/aromatic N) is 3. The molecule has 0 saturated carbocycles. The third kappa shape index (κ3) is 35.2. The zero-order valence-corrected chi connectivity index (χ0v) is 59.3. The van der Waals surface area contributed by atoms with Crippen molar-refractivity contribution >= 4 is 148 Å². The summed E-state index contributed by atoms with van der Waals surface area (Å²) in [6.07, 6.45) is -17.1. The Bertz CT molecular complexity index is 4140. The number of aromatic amines is 1. The molecule has 113 heavy (non-hydrogen) atoms. The topological polar surface area (TPSA) is 811 Å². The van der Waals surface area contributed by atoms with E-state index in [0.29, 0.717) is 5.69 Å². The Kier molecular flexibility index (Phi) is 38.2. The quantitative estimate of drug-likeness (QED) is 0.0250. The van der Waals surface area contributed by atoms with Gasteiger partial charge in [0, 0.05) is 75.5 Å². The average Bonchev–Trinajstić information content (AvgIpc) is 0.815. The second-order valence-electron chi connectivity index (χ2n) is 24.7. The Morgan fingerprint density at radius 3 is 0.796 bits per heavy atom. The summed E-state index contributed by atoms with van der Waals surface area (Å²) < 4.78 is 0. The highest BCUT2D eigenvalue weighted by atomic mass is 16.4. The number of carbonyl (C=O) groups excluding carboxylic acids is 10. The molecule has 49 nitrogen and oxygen atoms in total. The molecule has 10 amide bonds. The lowest BCUT2D eigenvalue weighted by Gasteiger charge is -2.28. The van der Waals surface area contributed by atoms with Gasteiger partial charge in [-0.3, -0.25) is 101 Å². The molecule has 616 valence electrons. The van der Waals surface area contributed by atoms with Crippen molar-refractivity contribution in [3.8, 4) is 0 Å². The van der Waals surface area contributed by atoms with E-state index in [0.717, 1.165) is 0 Å². The van der Waals surface area contributed by atoms with Crippen LogP contribution in [0.5, 0.6) is 0 Å². The van der Waals surface area contributed by atoms with Gasteiger partial charge in [-0.05, 0) is 88.5 Å². The molecule has 49 heteroatoms. The van der Waals surface area contributed by atoms with Crippen LogP contribution in [0.25, 0.3) is 11.2 Å². The van der Waals surface area contributed by atoms with Crippen LogP contribution in [0, 0.1) is 0 Å². The molecular formula is C64H82N16O33. The van der Waals surface area contributed by atoms with Crippen molar-refractivity contribution in [2.24, 2.45) is 0 Å². The first-order valence-electron chi connectivity index (χ1n) is 33.8. The van der Waals surface area contributed by atoms with Crippen LogP contribution in [0.4, 0.5) is 11.6 Å². The molecule has 0 aliphatic heterocycles. The minimum atomic E-state index is -2.23. The molecule has 25 N–H and O–H groups in total. The van der Waals surface area contributed by atoms with Gasteiger partial charge in [-0.15, -0.1) is 0 Å². The van der Waals surface area contributed by atoms with Crippen LogP contribution in [0.3, 0.4) is 0 Å². The van der Waals surface area contributed by atoms with Crippen molar-refractivity contribution in [2.45, 2.75) is 195 Å². The van der Waals surface area contributed by atoms with Crippen molar-refractivity contribution < 1.29 is 157 Å². The summed E-state index contributed by atoms with van der Waals surface area (Å²) in [5.41, 5.74) is 5.28. The predicted molar refractivity (Wildman–Crippen MR) is 371 cm³/mol. The Morgan fingerprint density at radius 2 is 0.558 bits per heavy atom. The number of anilines is 2. The summed E-state index contributed by atoms with van der Waals surface area (Å²) in [5.74, 6) is -32.6. The molecule has 2 aromatic heterocycles. The fourth-order valence-corrected chi connectivity index (χ4v) is 10.0. The summed E-state index contributed by atoms with van der Waals surface area (Å²) in [6, 6.07) is -15.6. The van der Waals surface area contributed by atoms with Gasteiger partial charge in [0.25, 0.3) is 5.91 Å². The van der Waals surface area contributed by atoms with E-state index < -0.39 is 319 Å². The number of benzene rings is 1. The van der Waals surface area contributed by atoms with Gasteiger partial charge in [-0.25, -0.2) is 14.8 Å². The average molecular weight is 1600 g/mol. The molecule has 3 rings (SSSR count). The largest absolute Gasteiger partial charge is 0.481 e. The summed E-state index contributed by atoms with van der Waals surface area (Å²) in [7, 11) is 0. The number of fused-ring (bicyclic) bond motifs is 1. The predicted octanol–water partition coefficient (Wildman–Crippen LogP) is -5.90. The number of nitrogens with two attached hydrogens (primary N) is 1. The molecule has 0 radical (unpaired) electrons. The number of H-pyrrole nitrogens is 1. The maximum Gasteiger partial charge on any atom is 0.326 e. The van der Waals surface area contributed by atoms with Crippen LogP contribution < -0.4 is 69.8 Å². The first-order chi connectivity index (χ1) is 53.0. The third-order valence-corrected chi connectivity index (χ3v) is 15.9. The lowest BCUT2D eigenvalue weighted by Crippen LogP contribution is -2.60. The number of hydrogen-bond donors (Lipinski definition) is 24. The summed E-state index contributed by atoms with van der Waals surface area (Å²) >= 11 is 0. The Labute approximate surface area is 634 Å². The molecule has 0 spiro atoms. The van der Waals surface area contributed by atoms with E-state index in [4.69, 9.17) is 10.8 Å². The van der Waals surface area contributed by atoms with Crippen LogP contribution >= 0.6 is 0 Å². The summed E-state index contributed by atoms with van der Waals surface area (Å²) in [5, 5.41) is 128. The molecule has 1 aromatic carbocycles. The van der Waals surface area contributed by atoms with Crippen LogP contribution in [0.15, 0.2) is 35.3 Å². The smallest absolute Gasteiger partial charge is 0.326 e. The van der Waals surface area contributed by atoms with Crippen LogP contribution in [-0.4, -0.2) is 261 Å². The lowest BCUT2D eigenvalue weighted by molar-refractivity contribution is -0.144. The van der Waals surface area contributed by atoms with Crippen molar-refractivity contribution in [3.63, 3.8) is 0 Å². The van der Waals surface area contributed by atoms with E-state index in [1.807, 2.05) is 37.2 Å². The lowest BCUT2D eigenvalue weighted by atomic mass is 10.0. The van der Waals surface area contributed by atoms with Crippen LogP contribution in [0.1, 0.15) is 144 Å². The van der Waals surface area contributed by atoms with E-state index in [1.54, 1.807) is 0 Å². The van der Waals surface area contributed by atoms with E-state index in [9.17, 15) is 157 Å². The number of nitrogen functional groups attached to an aromatic ring is 1. The maximum absolute atomic E-state index is 14.3.